The molecule has 0 aromatic heterocycles. The van der Waals surface area contributed by atoms with Crippen LogP contribution in [0.2, 0.25) is 0 Å². The first-order valence-electron chi connectivity index (χ1n) is 7.32. The summed E-state index contributed by atoms with van der Waals surface area (Å²) in [5.41, 5.74) is 5.12. The van der Waals surface area contributed by atoms with Crippen LogP contribution < -0.4 is 5.73 Å². The number of nitrogens with two attached hydrogens (primary N) is 1. The van der Waals surface area contributed by atoms with E-state index in [-0.39, 0.29) is 24.1 Å². The molecule has 1 saturated carbocycles. The van der Waals surface area contributed by atoms with E-state index in [0.717, 1.165) is 25.7 Å². The van der Waals surface area contributed by atoms with Crippen molar-refractivity contribution in [3.05, 3.63) is 0 Å². The Balaban J connectivity index is 2.34. The zero-order valence-corrected chi connectivity index (χ0v) is 12.9. The second-order valence-corrected chi connectivity index (χ2v) is 6.76. The first kappa shape index (κ1) is 17.0. The molecule has 5 nitrogen and oxygen atoms in total. The molecule has 1 aliphatic carbocycles. The highest BCUT2D eigenvalue weighted by Gasteiger charge is 2.33. The molecule has 0 spiro atoms. The summed E-state index contributed by atoms with van der Waals surface area (Å²) in [6, 6.07) is 0. The number of ether oxygens (including phenoxy) is 2. The second-order valence-electron chi connectivity index (χ2n) is 6.76. The predicted molar refractivity (Wildman–Crippen MR) is 75.7 cm³/mol. The molecule has 1 fully saturated rings. The number of rotatable bonds is 5. The monoisotopic (exact) mass is 285 g/mol. The maximum Gasteiger partial charge on any atom is 0.314 e. The van der Waals surface area contributed by atoms with E-state index in [1.165, 1.54) is 6.42 Å². The Morgan fingerprint density at radius 3 is 2.20 bits per heavy atom. The van der Waals surface area contributed by atoms with Crippen LogP contribution in [-0.2, 0) is 19.1 Å². The van der Waals surface area contributed by atoms with Gasteiger partial charge in [-0.25, -0.2) is 0 Å². The minimum absolute atomic E-state index is 0.122. The fourth-order valence-corrected chi connectivity index (χ4v) is 2.48. The Morgan fingerprint density at radius 2 is 1.70 bits per heavy atom. The Labute approximate surface area is 121 Å². The highest BCUT2D eigenvalue weighted by atomic mass is 16.7. The Morgan fingerprint density at radius 1 is 1.10 bits per heavy atom. The lowest BCUT2D eigenvalue weighted by Gasteiger charge is -2.35. The quantitative estimate of drug-likeness (QED) is 0.619. The van der Waals surface area contributed by atoms with Crippen molar-refractivity contribution in [1.82, 2.24) is 0 Å². The molecule has 0 unspecified atom stereocenters. The highest BCUT2D eigenvalue weighted by molar-refractivity contribution is 5.75. The summed E-state index contributed by atoms with van der Waals surface area (Å²) in [5.74, 6) is -0.712. The SMILES string of the molecule is CC(C)(C)C(=O)OCOC(=O)CC1(CN)CCCCC1. The van der Waals surface area contributed by atoms with Crippen LogP contribution in [-0.4, -0.2) is 25.3 Å². The van der Waals surface area contributed by atoms with Gasteiger partial charge in [-0.3, -0.25) is 9.59 Å². The Bertz CT molecular complexity index is 340. The van der Waals surface area contributed by atoms with Crippen molar-refractivity contribution in [3.8, 4) is 0 Å². The standard InChI is InChI=1S/C15H27NO4/c1-14(2,3)13(18)20-11-19-12(17)9-15(10-16)7-5-4-6-8-15/h4-11,16H2,1-3H3. The van der Waals surface area contributed by atoms with Crippen molar-refractivity contribution < 1.29 is 19.1 Å². The molecule has 0 heterocycles. The molecule has 20 heavy (non-hydrogen) atoms. The van der Waals surface area contributed by atoms with Crippen LogP contribution in [0, 0.1) is 10.8 Å². The third kappa shape index (κ3) is 5.12. The molecule has 0 aliphatic heterocycles. The number of hydrogen-bond acceptors (Lipinski definition) is 5. The van der Waals surface area contributed by atoms with Crippen LogP contribution in [0.3, 0.4) is 0 Å². The van der Waals surface area contributed by atoms with Gasteiger partial charge in [0.05, 0.1) is 11.8 Å². The maximum absolute atomic E-state index is 11.8. The van der Waals surface area contributed by atoms with E-state index in [1.54, 1.807) is 20.8 Å². The van der Waals surface area contributed by atoms with Gasteiger partial charge in [0.1, 0.15) is 0 Å². The van der Waals surface area contributed by atoms with E-state index in [0.29, 0.717) is 13.0 Å². The van der Waals surface area contributed by atoms with Gasteiger partial charge in [0.25, 0.3) is 0 Å². The molecule has 0 aromatic rings. The van der Waals surface area contributed by atoms with E-state index in [1.807, 2.05) is 0 Å². The Hall–Kier alpha value is -1.10. The highest BCUT2D eigenvalue weighted by Crippen LogP contribution is 2.38. The van der Waals surface area contributed by atoms with Crippen LogP contribution >= 0.6 is 0 Å². The smallest absolute Gasteiger partial charge is 0.314 e. The molecule has 2 N–H and O–H groups in total. The molecule has 0 atom stereocenters. The van der Waals surface area contributed by atoms with Crippen LogP contribution in [0.25, 0.3) is 0 Å². The van der Waals surface area contributed by atoms with Gasteiger partial charge < -0.3 is 15.2 Å². The number of carbonyl (C=O) groups is 2. The lowest BCUT2D eigenvalue weighted by molar-refractivity contribution is -0.174. The molecule has 0 saturated heterocycles. The summed E-state index contributed by atoms with van der Waals surface area (Å²) >= 11 is 0. The third-order valence-corrected chi connectivity index (χ3v) is 3.89. The number of esters is 2. The van der Waals surface area contributed by atoms with Crippen LogP contribution in [0.15, 0.2) is 0 Å². The summed E-state index contributed by atoms with van der Waals surface area (Å²) in [7, 11) is 0. The zero-order valence-electron chi connectivity index (χ0n) is 12.9. The zero-order chi connectivity index (χ0) is 15.2. The lowest BCUT2D eigenvalue weighted by atomic mass is 9.72. The summed E-state index contributed by atoms with van der Waals surface area (Å²) in [6.45, 7) is 5.45. The van der Waals surface area contributed by atoms with Crippen LogP contribution in [0.5, 0.6) is 0 Å². The van der Waals surface area contributed by atoms with E-state index < -0.39 is 5.41 Å². The van der Waals surface area contributed by atoms with Gasteiger partial charge in [-0.05, 0) is 45.6 Å². The van der Waals surface area contributed by atoms with Crippen LogP contribution in [0.4, 0.5) is 0 Å². The lowest BCUT2D eigenvalue weighted by Crippen LogP contribution is -2.35. The molecule has 0 bridgehead atoms. The number of hydrogen-bond donors (Lipinski definition) is 1. The molecule has 116 valence electrons. The molecule has 0 radical (unpaired) electrons. The molecule has 0 amide bonds. The molecular formula is C15H27NO4. The average molecular weight is 285 g/mol. The van der Waals surface area contributed by atoms with E-state index in [4.69, 9.17) is 15.2 Å². The molecule has 1 rings (SSSR count). The summed E-state index contributed by atoms with van der Waals surface area (Å²) in [6.07, 6.45) is 5.70. The van der Waals surface area contributed by atoms with Crippen molar-refractivity contribution in [3.63, 3.8) is 0 Å². The van der Waals surface area contributed by atoms with E-state index in [9.17, 15) is 9.59 Å². The van der Waals surface area contributed by atoms with Gasteiger partial charge in [-0.1, -0.05) is 19.3 Å². The van der Waals surface area contributed by atoms with Gasteiger partial charge in [0.2, 0.25) is 6.79 Å². The Kier molecular flexibility index (Phi) is 5.99. The second kappa shape index (κ2) is 7.07. The van der Waals surface area contributed by atoms with E-state index >= 15 is 0 Å². The topological polar surface area (TPSA) is 78.6 Å². The third-order valence-electron chi connectivity index (χ3n) is 3.89. The number of carbonyl (C=O) groups excluding carboxylic acids is 2. The van der Waals surface area contributed by atoms with Crippen molar-refractivity contribution in [2.75, 3.05) is 13.3 Å². The molecular weight excluding hydrogens is 258 g/mol. The predicted octanol–water partition coefficient (Wildman–Crippen LogP) is 2.38. The maximum atomic E-state index is 11.8. The van der Waals surface area contributed by atoms with Gasteiger partial charge in [-0.2, -0.15) is 0 Å². The van der Waals surface area contributed by atoms with Gasteiger partial charge in [0, 0.05) is 0 Å². The van der Waals surface area contributed by atoms with Gasteiger partial charge in [-0.15, -0.1) is 0 Å². The minimum atomic E-state index is -0.589. The fraction of sp³-hybridized carbons (Fsp3) is 0.867. The fourth-order valence-electron chi connectivity index (χ4n) is 2.48. The van der Waals surface area contributed by atoms with Gasteiger partial charge >= 0.3 is 11.9 Å². The van der Waals surface area contributed by atoms with Crippen molar-refractivity contribution in [2.45, 2.75) is 59.3 Å². The summed E-state index contributed by atoms with van der Waals surface area (Å²) < 4.78 is 9.92. The summed E-state index contributed by atoms with van der Waals surface area (Å²) in [4.78, 5) is 23.4. The molecule has 0 aromatic carbocycles. The van der Waals surface area contributed by atoms with Crippen LogP contribution in [0.1, 0.15) is 59.3 Å². The first-order valence-corrected chi connectivity index (χ1v) is 7.32. The van der Waals surface area contributed by atoms with Crippen molar-refractivity contribution in [2.24, 2.45) is 16.6 Å². The minimum Gasteiger partial charge on any atom is -0.428 e. The van der Waals surface area contributed by atoms with Crippen molar-refractivity contribution in [1.29, 1.82) is 0 Å². The van der Waals surface area contributed by atoms with E-state index in [2.05, 4.69) is 0 Å². The first-order chi connectivity index (χ1) is 9.29. The average Bonchev–Trinajstić information content (AvgIpc) is 2.38. The normalized spacial score (nSPS) is 18.4. The van der Waals surface area contributed by atoms with Gasteiger partial charge in [0.15, 0.2) is 0 Å². The molecule has 5 heteroatoms. The largest absolute Gasteiger partial charge is 0.428 e. The van der Waals surface area contributed by atoms with Crippen molar-refractivity contribution >= 4 is 11.9 Å². The summed E-state index contributed by atoms with van der Waals surface area (Å²) in [5, 5.41) is 0. The molecule has 1 aliphatic rings.